The van der Waals surface area contributed by atoms with Crippen molar-refractivity contribution in [1.29, 1.82) is 0 Å². The van der Waals surface area contributed by atoms with Crippen molar-refractivity contribution in [2.45, 2.75) is 5.75 Å². The standard InChI is InChI=1S/C16H14N2O2S2/c1-22(20)10-11-5-4-6-12(9-11)15(19)18-16-17-13-7-2-3-8-14(13)21-16/h2-9H,10H2,1H3,(H,17,18,19). The van der Waals surface area contributed by atoms with E-state index in [-0.39, 0.29) is 5.91 Å². The van der Waals surface area contributed by atoms with Gasteiger partial charge in [-0.3, -0.25) is 14.3 Å². The lowest BCUT2D eigenvalue weighted by molar-refractivity contribution is 0.102. The van der Waals surface area contributed by atoms with Crippen LogP contribution in [0.15, 0.2) is 48.5 Å². The summed E-state index contributed by atoms with van der Waals surface area (Å²) in [6.07, 6.45) is 1.65. The van der Waals surface area contributed by atoms with E-state index in [2.05, 4.69) is 10.3 Å². The van der Waals surface area contributed by atoms with Gasteiger partial charge < -0.3 is 0 Å². The van der Waals surface area contributed by atoms with Gasteiger partial charge in [0.25, 0.3) is 5.91 Å². The van der Waals surface area contributed by atoms with Crippen molar-refractivity contribution in [2.75, 3.05) is 11.6 Å². The molecule has 1 atom stereocenters. The van der Waals surface area contributed by atoms with Crippen LogP contribution in [-0.2, 0) is 16.6 Å². The number of fused-ring (bicyclic) bond motifs is 1. The minimum atomic E-state index is -0.929. The molecule has 0 radical (unpaired) electrons. The summed E-state index contributed by atoms with van der Waals surface area (Å²) in [5.41, 5.74) is 2.30. The van der Waals surface area contributed by atoms with Crippen LogP contribution in [0.2, 0.25) is 0 Å². The molecule has 0 spiro atoms. The Hall–Kier alpha value is -2.05. The fourth-order valence-corrected chi connectivity index (χ4v) is 3.64. The van der Waals surface area contributed by atoms with E-state index in [0.717, 1.165) is 15.8 Å². The first-order chi connectivity index (χ1) is 10.6. The zero-order chi connectivity index (χ0) is 15.5. The first-order valence-corrected chi connectivity index (χ1v) is 9.22. The lowest BCUT2D eigenvalue weighted by atomic mass is 10.1. The molecule has 1 unspecified atom stereocenters. The molecule has 0 aliphatic heterocycles. The molecule has 3 rings (SSSR count). The maximum Gasteiger partial charge on any atom is 0.257 e. The first kappa shape index (κ1) is 14.9. The average Bonchev–Trinajstić information content (AvgIpc) is 2.89. The third-order valence-corrected chi connectivity index (χ3v) is 4.77. The number of para-hydroxylation sites is 1. The normalized spacial score (nSPS) is 12.2. The summed E-state index contributed by atoms with van der Waals surface area (Å²) in [5.74, 6) is 0.241. The number of amides is 1. The summed E-state index contributed by atoms with van der Waals surface area (Å²) in [6, 6.07) is 14.9. The lowest BCUT2D eigenvalue weighted by Gasteiger charge is -2.04. The second-order valence-corrected chi connectivity index (χ2v) is 7.32. The molecule has 1 heterocycles. The fraction of sp³-hybridized carbons (Fsp3) is 0.125. The molecule has 6 heteroatoms. The van der Waals surface area contributed by atoms with Gasteiger partial charge in [0.15, 0.2) is 5.13 Å². The Morgan fingerprint density at radius 3 is 2.82 bits per heavy atom. The molecule has 22 heavy (non-hydrogen) atoms. The number of carbonyl (C=O) groups is 1. The van der Waals surface area contributed by atoms with Crippen LogP contribution in [-0.4, -0.2) is 21.4 Å². The van der Waals surface area contributed by atoms with Crippen molar-refractivity contribution in [3.8, 4) is 0 Å². The highest BCUT2D eigenvalue weighted by Crippen LogP contribution is 2.25. The van der Waals surface area contributed by atoms with Gasteiger partial charge in [0, 0.05) is 28.4 Å². The molecule has 1 amide bonds. The van der Waals surface area contributed by atoms with Crippen molar-refractivity contribution < 1.29 is 9.00 Å². The van der Waals surface area contributed by atoms with Crippen molar-refractivity contribution in [1.82, 2.24) is 4.98 Å². The number of aromatic nitrogens is 1. The van der Waals surface area contributed by atoms with Crippen LogP contribution in [0.5, 0.6) is 0 Å². The number of anilines is 1. The number of benzene rings is 2. The molecule has 3 aromatic rings. The topological polar surface area (TPSA) is 59.1 Å². The Morgan fingerprint density at radius 1 is 1.23 bits per heavy atom. The van der Waals surface area contributed by atoms with E-state index >= 15 is 0 Å². The van der Waals surface area contributed by atoms with E-state index in [9.17, 15) is 9.00 Å². The quantitative estimate of drug-likeness (QED) is 0.797. The van der Waals surface area contributed by atoms with E-state index in [1.54, 1.807) is 24.5 Å². The van der Waals surface area contributed by atoms with Crippen LogP contribution in [0.4, 0.5) is 5.13 Å². The van der Waals surface area contributed by atoms with Gasteiger partial charge >= 0.3 is 0 Å². The number of nitrogens with one attached hydrogen (secondary N) is 1. The molecule has 0 aliphatic carbocycles. The van der Waals surface area contributed by atoms with E-state index < -0.39 is 10.8 Å². The summed E-state index contributed by atoms with van der Waals surface area (Å²) in [7, 11) is -0.929. The van der Waals surface area contributed by atoms with Crippen LogP contribution in [0.3, 0.4) is 0 Å². The molecule has 0 saturated carbocycles. The van der Waals surface area contributed by atoms with Crippen LogP contribution in [0.25, 0.3) is 10.2 Å². The van der Waals surface area contributed by atoms with Gasteiger partial charge in [-0.2, -0.15) is 0 Å². The number of rotatable bonds is 4. The molecular formula is C16H14N2O2S2. The summed E-state index contributed by atoms with van der Waals surface area (Å²) in [4.78, 5) is 16.7. The number of hydrogen-bond acceptors (Lipinski definition) is 4. The number of nitrogens with zero attached hydrogens (tertiary/aromatic N) is 1. The van der Waals surface area contributed by atoms with E-state index in [1.807, 2.05) is 30.3 Å². The molecular weight excluding hydrogens is 316 g/mol. The van der Waals surface area contributed by atoms with Crippen LogP contribution in [0, 0.1) is 0 Å². The van der Waals surface area contributed by atoms with Gasteiger partial charge in [-0.05, 0) is 29.8 Å². The van der Waals surface area contributed by atoms with Gasteiger partial charge in [0.05, 0.1) is 10.2 Å². The maximum atomic E-state index is 12.3. The van der Waals surface area contributed by atoms with Gasteiger partial charge in [0.1, 0.15) is 0 Å². The van der Waals surface area contributed by atoms with E-state index in [0.29, 0.717) is 16.4 Å². The summed E-state index contributed by atoms with van der Waals surface area (Å²) < 4.78 is 12.3. The predicted molar refractivity (Wildman–Crippen MR) is 91.8 cm³/mol. The van der Waals surface area contributed by atoms with Gasteiger partial charge in [0.2, 0.25) is 0 Å². The fourth-order valence-electron chi connectivity index (χ4n) is 2.13. The van der Waals surface area contributed by atoms with E-state index in [1.165, 1.54) is 11.3 Å². The van der Waals surface area contributed by atoms with Gasteiger partial charge in [-0.25, -0.2) is 4.98 Å². The third kappa shape index (κ3) is 3.40. The minimum Gasteiger partial charge on any atom is -0.298 e. The molecule has 2 aromatic carbocycles. The minimum absolute atomic E-state index is 0.206. The van der Waals surface area contributed by atoms with Gasteiger partial charge in [-0.1, -0.05) is 35.6 Å². The number of hydrogen-bond donors (Lipinski definition) is 1. The summed E-state index contributed by atoms with van der Waals surface area (Å²) in [6.45, 7) is 0. The Labute approximate surface area is 134 Å². The van der Waals surface area contributed by atoms with Crippen molar-refractivity contribution in [3.05, 3.63) is 59.7 Å². The Kier molecular flexibility index (Phi) is 4.31. The predicted octanol–water partition coefficient (Wildman–Crippen LogP) is 3.43. The average molecular weight is 330 g/mol. The molecule has 0 fully saturated rings. The zero-order valence-corrected chi connectivity index (χ0v) is 13.5. The molecule has 0 saturated heterocycles. The molecule has 112 valence electrons. The number of thiazole rings is 1. The monoisotopic (exact) mass is 330 g/mol. The van der Waals surface area contributed by atoms with Crippen LogP contribution >= 0.6 is 11.3 Å². The molecule has 0 bridgehead atoms. The van der Waals surface area contributed by atoms with Crippen molar-refractivity contribution >= 4 is 43.4 Å². The largest absolute Gasteiger partial charge is 0.298 e. The maximum absolute atomic E-state index is 12.3. The highest BCUT2D eigenvalue weighted by Gasteiger charge is 2.10. The van der Waals surface area contributed by atoms with Gasteiger partial charge in [-0.15, -0.1) is 0 Å². The van der Waals surface area contributed by atoms with Crippen molar-refractivity contribution in [2.24, 2.45) is 0 Å². The van der Waals surface area contributed by atoms with Crippen LogP contribution < -0.4 is 5.32 Å². The highest BCUT2D eigenvalue weighted by molar-refractivity contribution is 7.83. The van der Waals surface area contributed by atoms with Crippen LogP contribution in [0.1, 0.15) is 15.9 Å². The lowest BCUT2D eigenvalue weighted by Crippen LogP contribution is -2.12. The Morgan fingerprint density at radius 2 is 2.05 bits per heavy atom. The Balaban J connectivity index is 1.80. The number of carbonyl (C=O) groups excluding carboxylic acids is 1. The molecule has 0 aliphatic rings. The molecule has 1 N–H and O–H groups in total. The van der Waals surface area contributed by atoms with E-state index in [4.69, 9.17) is 0 Å². The molecule has 4 nitrogen and oxygen atoms in total. The summed E-state index contributed by atoms with van der Waals surface area (Å²) >= 11 is 1.44. The summed E-state index contributed by atoms with van der Waals surface area (Å²) in [5, 5.41) is 3.40. The second kappa shape index (κ2) is 6.37. The first-order valence-electron chi connectivity index (χ1n) is 6.68. The van der Waals surface area contributed by atoms with Crippen molar-refractivity contribution in [3.63, 3.8) is 0 Å². The smallest absolute Gasteiger partial charge is 0.257 e. The highest BCUT2D eigenvalue weighted by atomic mass is 32.2. The third-order valence-electron chi connectivity index (χ3n) is 3.07. The SMILES string of the molecule is CS(=O)Cc1cccc(C(=O)Nc2nc3ccccc3s2)c1. The molecule has 1 aromatic heterocycles. The second-order valence-electron chi connectivity index (χ2n) is 4.86. The Bertz CT molecular complexity index is 825. The zero-order valence-electron chi connectivity index (χ0n) is 11.9.